The van der Waals surface area contributed by atoms with Gasteiger partial charge in [-0.15, -0.1) is 0 Å². The monoisotopic (exact) mass is 483 g/mol. The van der Waals surface area contributed by atoms with E-state index in [1.807, 2.05) is 6.92 Å². The van der Waals surface area contributed by atoms with E-state index in [9.17, 15) is 19.5 Å². The first kappa shape index (κ1) is 24.8. The summed E-state index contributed by atoms with van der Waals surface area (Å²) in [5.74, 6) is -3.27. The van der Waals surface area contributed by atoms with Crippen molar-refractivity contribution >= 4 is 17.7 Å². The number of dihydropyridines is 1. The Balaban J connectivity index is 1.82. The maximum absolute atomic E-state index is 13.8. The molecule has 0 radical (unpaired) electrons. The van der Waals surface area contributed by atoms with E-state index in [-0.39, 0.29) is 29.3 Å². The number of carbonyl (C=O) groups excluding carboxylic acids is 3. The summed E-state index contributed by atoms with van der Waals surface area (Å²) in [6.07, 6.45) is 5.08. The Morgan fingerprint density at radius 1 is 1.11 bits per heavy atom. The zero-order valence-electron chi connectivity index (χ0n) is 20.7. The highest BCUT2D eigenvalue weighted by Gasteiger charge is 2.47. The van der Waals surface area contributed by atoms with Gasteiger partial charge in [-0.05, 0) is 62.6 Å². The molecule has 3 unspecified atom stereocenters. The van der Waals surface area contributed by atoms with Crippen LogP contribution in [0.3, 0.4) is 0 Å². The molecule has 1 heterocycles. The van der Waals surface area contributed by atoms with Crippen LogP contribution in [0.25, 0.3) is 0 Å². The van der Waals surface area contributed by atoms with Gasteiger partial charge >= 0.3 is 11.9 Å². The molecular weight excluding hydrogens is 450 g/mol. The number of nitrogens with one attached hydrogen (secondary N) is 1. The molecule has 0 spiro atoms. The summed E-state index contributed by atoms with van der Waals surface area (Å²) in [6.45, 7) is 3.64. The van der Waals surface area contributed by atoms with E-state index in [0.717, 1.165) is 32.1 Å². The van der Waals surface area contributed by atoms with Crippen molar-refractivity contribution in [2.24, 2.45) is 11.8 Å². The second kappa shape index (κ2) is 10.1. The second-order valence-corrected chi connectivity index (χ2v) is 9.63. The van der Waals surface area contributed by atoms with E-state index in [1.54, 1.807) is 19.1 Å². The topological polar surface area (TPSA) is 111 Å². The Hall–Kier alpha value is -3.29. The molecule has 1 fully saturated rings. The van der Waals surface area contributed by atoms with Crippen LogP contribution in [0.5, 0.6) is 11.5 Å². The van der Waals surface area contributed by atoms with Crippen molar-refractivity contribution in [2.75, 3.05) is 14.2 Å². The lowest BCUT2D eigenvalue weighted by Gasteiger charge is -2.38. The predicted octanol–water partition coefficient (Wildman–Crippen LogP) is 3.89. The number of ether oxygens (including phenoxy) is 3. The number of hydrogen-bond acceptors (Lipinski definition) is 8. The normalized spacial score (nSPS) is 25.0. The molecule has 188 valence electrons. The van der Waals surface area contributed by atoms with Crippen LogP contribution in [0.2, 0.25) is 0 Å². The number of carbonyl (C=O) groups is 3. The third kappa shape index (κ3) is 4.66. The Morgan fingerprint density at radius 2 is 1.83 bits per heavy atom. The maximum Gasteiger partial charge on any atom is 0.337 e. The number of allylic oxidation sites excluding steroid dienone is 3. The van der Waals surface area contributed by atoms with Crippen LogP contribution in [0, 0.1) is 11.8 Å². The summed E-state index contributed by atoms with van der Waals surface area (Å²) in [4.78, 5) is 39.9. The Bertz CT molecular complexity index is 1100. The average molecular weight is 484 g/mol. The van der Waals surface area contributed by atoms with Crippen molar-refractivity contribution in [3.05, 3.63) is 46.3 Å². The first-order valence-electron chi connectivity index (χ1n) is 12.2. The highest BCUT2D eigenvalue weighted by atomic mass is 16.5. The quantitative estimate of drug-likeness (QED) is 0.479. The number of aromatic hydroxyl groups is 1. The number of ketones is 1. The fraction of sp³-hybridized carbons (Fsp3) is 0.519. The first-order chi connectivity index (χ1) is 16.8. The predicted molar refractivity (Wildman–Crippen MR) is 128 cm³/mol. The van der Waals surface area contributed by atoms with Crippen LogP contribution in [0.1, 0.15) is 63.9 Å². The molecule has 1 aromatic rings. The molecule has 8 heteroatoms. The molecule has 2 aliphatic carbocycles. The van der Waals surface area contributed by atoms with E-state index in [0.29, 0.717) is 34.5 Å². The molecule has 1 aliphatic heterocycles. The van der Waals surface area contributed by atoms with Gasteiger partial charge in [0.2, 0.25) is 0 Å². The maximum atomic E-state index is 13.8. The summed E-state index contributed by atoms with van der Waals surface area (Å²) in [5.41, 5.74) is 2.57. The van der Waals surface area contributed by atoms with Crippen LogP contribution in [0.15, 0.2) is 40.7 Å². The van der Waals surface area contributed by atoms with Gasteiger partial charge in [0.1, 0.15) is 12.0 Å². The molecule has 3 aliphatic rings. The number of Topliss-reactive ketones (excluding diaryl/α,β-unsaturated/α-hetero) is 1. The number of phenolic OH excluding ortho intramolecular Hbond substituents is 1. The summed E-state index contributed by atoms with van der Waals surface area (Å²) >= 11 is 0. The Kier molecular flexibility index (Phi) is 7.19. The molecule has 0 saturated heterocycles. The van der Waals surface area contributed by atoms with Crippen molar-refractivity contribution in [1.29, 1.82) is 0 Å². The molecule has 4 rings (SSSR count). The minimum absolute atomic E-state index is 0.0533. The molecule has 8 nitrogen and oxygen atoms in total. The molecular formula is C27H33NO7. The van der Waals surface area contributed by atoms with Crippen molar-refractivity contribution < 1.29 is 33.7 Å². The third-order valence-electron chi connectivity index (χ3n) is 7.33. The fourth-order valence-electron chi connectivity index (χ4n) is 5.56. The summed E-state index contributed by atoms with van der Waals surface area (Å²) < 4.78 is 16.2. The number of benzene rings is 1. The largest absolute Gasteiger partial charge is 0.504 e. The molecule has 35 heavy (non-hydrogen) atoms. The highest BCUT2D eigenvalue weighted by Crippen LogP contribution is 2.47. The van der Waals surface area contributed by atoms with Gasteiger partial charge in [0.25, 0.3) is 0 Å². The van der Waals surface area contributed by atoms with Gasteiger partial charge in [-0.1, -0.05) is 19.4 Å². The second-order valence-electron chi connectivity index (χ2n) is 9.63. The van der Waals surface area contributed by atoms with Crippen LogP contribution in [-0.4, -0.2) is 43.2 Å². The van der Waals surface area contributed by atoms with Gasteiger partial charge in [-0.2, -0.15) is 0 Å². The van der Waals surface area contributed by atoms with Gasteiger partial charge < -0.3 is 24.6 Å². The SMILES string of the molecule is COC(=O)C1C(=O)C2=C(CC1C)NC(C)=C(C(=O)OC1CCCCC1)C2c1ccc(O)c(OC)c1. The van der Waals surface area contributed by atoms with Crippen LogP contribution < -0.4 is 10.1 Å². The lowest BCUT2D eigenvalue weighted by Crippen LogP contribution is -2.43. The van der Waals surface area contributed by atoms with E-state index in [4.69, 9.17) is 14.2 Å². The van der Waals surface area contributed by atoms with Crippen molar-refractivity contribution in [2.45, 2.75) is 64.4 Å². The lowest BCUT2D eigenvalue weighted by atomic mass is 9.69. The molecule has 0 amide bonds. The summed E-state index contributed by atoms with van der Waals surface area (Å²) in [5, 5.41) is 13.4. The standard InChI is InChI=1S/C27H33NO7/c1-14-12-18-24(25(30)21(14)26(31)34-4)23(16-10-11-19(29)20(13-16)33-3)22(15(2)28-18)27(32)35-17-8-6-5-7-9-17/h10-11,13-14,17,21,23,28-29H,5-9,12H2,1-4H3. The van der Waals surface area contributed by atoms with Gasteiger partial charge in [0.05, 0.1) is 19.8 Å². The Morgan fingerprint density at radius 3 is 2.49 bits per heavy atom. The van der Waals surface area contributed by atoms with Gasteiger partial charge in [-0.3, -0.25) is 9.59 Å². The summed E-state index contributed by atoms with van der Waals surface area (Å²) in [6, 6.07) is 4.76. The van der Waals surface area contributed by atoms with Gasteiger partial charge in [-0.25, -0.2) is 4.79 Å². The van der Waals surface area contributed by atoms with E-state index in [1.165, 1.54) is 20.3 Å². The molecule has 0 aromatic heterocycles. The Labute approximate surface area is 205 Å². The minimum atomic E-state index is -0.962. The van der Waals surface area contributed by atoms with Gasteiger partial charge in [0, 0.05) is 22.9 Å². The number of rotatable bonds is 5. The number of methoxy groups -OCH3 is 2. The molecule has 0 bridgehead atoms. The van der Waals surface area contributed by atoms with Crippen molar-refractivity contribution in [1.82, 2.24) is 5.32 Å². The summed E-state index contributed by atoms with van der Waals surface area (Å²) in [7, 11) is 2.71. The average Bonchev–Trinajstić information content (AvgIpc) is 2.83. The van der Waals surface area contributed by atoms with Gasteiger partial charge in [0.15, 0.2) is 17.3 Å². The van der Waals surface area contributed by atoms with E-state index in [2.05, 4.69) is 5.32 Å². The van der Waals surface area contributed by atoms with Crippen LogP contribution in [0.4, 0.5) is 0 Å². The van der Waals surface area contributed by atoms with Crippen molar-refractivity contribution in [3.8, 4) is 11.5 Å². The van der Waals surface area contributed by atoms with E-state index < -0.39 is 23.8 Å². The van der Waals surface area contributed by atoms with Crippen LogP contribution in [-0.2, 0) is 23.9 Å². The van der Waals surface area contributed by atoms with E-state index >= 15 is 0 Å². The lowest BCUT2D eigenvalue weighted by molar-refractivity contribution is -0.151. The molecule has 2 N–H and O–H groups in total. The number of hydrogen-bond donors (Lipinski definition) is 2. The third-order valence-corrected chi connectivity index (χ3v) is 7.33. The molecule has 3 atom stereocenters. The van der Waals surface area contributed by atoms with Crippen molar-refractivity contribution in [3.63, 3.8) is 0 Å². The number of esters is 2. The highest BCUT2D eigenvalue weighted by molar-refractivity contribution is 6.12. The fourth-order valence-corrected chi connectivity index (χ4v) is 5.56. The molecule has 1 saturated carbocycles. The molecule has 1 aromatic carbocycles. The zero-order valence-corrected chi connectivity index (χ0v) is 20.7. The first-order valence-corrected chi connectivity index (χ1v) is 12.2. The smallest absolute Gasteiger partial charge is 0.337 e. The van der Waals surface area contributed by atoms with Crippen LogP contribution >= 0.6 is 0 Å². The minimum Gasteiger partial charge on any atom is -0.504 e. The number of phenols is 1. The zero-order chi connectivity index (χ0) is 25.3.